The molecular weight excluding hydrogens is 196 g/mol. The summed E-state index contributed by atoms with van der Waals surface area (Å²) in [5.41, 5.74) is 0. The molecular formula is C14H28N2. The van der Waals surface area contributed by atoms with Gasteiger partial charge in [0.15, 0.2) is 0 Å². The molecule has 0 amide bonds. The van der Waals surface area contributed by atoms with Crippen molar-refractivity contribution in [3.05, 3.63) is 0 Å². The summed E-state index contributed by atoms with van der Waals surface area (Å²) in [5, 5.41) is 3.71. The van der Waals surface area contributed by atoms with Crippen LogP contribution in [0.2, 0.25) is 0 Å². The highest BCUT2D eigenvalue weighted by molar-refractivity contribution is 4.88. The van der Waals surface area contributed by atoms with E-state index in [4.69, 9.17) is 0 Å². The molecule has 2 rings (SSSR count). The maximum absolute atomic E-state index is 3.71. The number of hydrogen-bond acceptors (Lipinski definition) is 2. The van der Waals surface area contributed by atoms with Crippen molar-refractivity contribution in [2.45, 2.75) is 58.5 Å². The van der Waals surface area contributed by atoms with E-state index in [1.165, 1.54) is 45.3 Å². The number of rotatable bonds is 4. The van der Waals surface area contributed by atoms with Gasteiger partial charge in [-0.1, -0.05) is 20.3 Å². The first-order valence-corrected chi connectivity index (χ1v) is 7.14. The van der Waals surface area contributed by atoms with E-state index in [0.29, 0.717) is 6.04 Å². The molecule has 2 heterocycles. The van der Waals surface area contributed by atoms with Crippen molar-refractivity contribution in [1.82, 2.24) is 10.2 Å². The monoisotopic (exact) mass is 224 g/mol. The molecule has 2 aliphatic rings. The second-order valence-electron chi connectivity index (χ2n) is 6.19. The summed E-state index contributed by atoms with van der Waals surface area (Å²) in [6, 6.07) is 1.59. The smallest absolute Gasteiger partial charge is 0.00989 e. The molecule has 16 heavy (non-hydrogen) atoms. The molecule has 0 spiro atoms. The largest absolute Gasteiger partial charge is 0.314 e. The number of nitrogens with zero attached hydrogens (tertiary/aromatic N) is 1. The Labute approximate surface area is 101 Å². The standard InChI is InChI=1S/C14H28N2/c1-11(2)12(3)15-9-13-8-14-6-4-5-7-16(14)10-13/h11-15H,4-10H2,1-3H3. The van der Waals surface area contributed by atoms with Gasteiger partial charge in [0.2, 0.25) is 0 Å². The summed E-state index contributed by atoms with van der Waals surface area (Å²) >= 11 is 0. The van der Waals surface area contributed by atoms with Crippen molar-refractivity contribution in [3.63, 3.8) is 0 Å². The first kappa shape index (κ1) is 12.4. The van der Waals surface area contributed by atoms with Crippen molar-refractivity contribution < 1.29 is 0 Å². The summed E-state index contributed by atoms with van der Waals surface area (Å²) in [7, 11) is 0. The van der Waals surface area contributed by atoms with E-state index in [1.807, 2.05) is 0 Å². The van der Waals surface area contributed by atoms with Gasteiger partial charge in [-0.25, -0.2) is 0 Å². The Kier molecular flexibility index (Phi) is 4.26. The number of nitrogens with one attached hydrogen (secondary N) is 1. The van der Waals surface area contributed by atoms with Crippen molar-refractivity contribution in [2.75, 3.05) is 19.6 Å². The Hall–Kier alpha value is -0.0800. The van der Waals surface area contributed by atoms with Crippen molar-refractivity contribution in [1.29, 1.82) is 0 Å². The molecule has 94 valence electrons. The molecule has 0 aromatic heterocycles. The second kappa shape index (κ2) is 5.50. The van der Waals surface area contributed by atoms with Gasteiger partial charge in [-0.3, -0.25) is 0 Å². The van der Waals surface area contributed by atoms with Gasteiger partial charge in [0.1, 0.15) is 0 Å². The molecule has 0 radical (unpaired) electrons. The lowest BCUT2D eigenvalue weighted by atomic mass is 9.99. The predicted molar refractivity (Wildman–Crippen MR) is 69.6 cm³/mol. The summed E-state index contributed by atoms with van der Waals surface area (Å²) in [5.74, 6) is 1.66. The van der Waals surface area contributed by atoms with Gasteiger partial charge in [0, 0.05) is 18.6 Å². The number of piperidine rings is 1. The molecule has 0 aromatic carbocycles. The topological polar surface area (TPSA) is 15.3 Å². The van der Waals surface area contributed by atoms with E-state index in [1.54, 1.807) is 0 Å². The molecule has 2 aliphatic heterocycles. The minimum absolute atomic E-state index is 0.664. The first-order valence-electron chi connectivity index (χ1n) is 7.14. The van der Waals surface area contributed by atoms with E-state index in [-0.39, 0.29) is 0 Å². The molecule has 0 saturated carbocycles. The molecule has 2 heteroatoms. The second-order valence-corrected chi connectivity index (χ2v) is 6.19. The van der Waals surface area contributed by atoms with Crippen LogP contribution in [0.15, 0.2) is 0 Å². The minimum Gasteiger partial charge on any atom is -0.314 e. The van der Waals surface area contributed by atoms with Gasteiger partial charge in [0.05, 0.1) is 0 Å². The Morgan fingerprint density at radius 3 is 2.75 bits per heavy atom. The third kappa shape index (κ3) is 2.98. The van der Waals surface area contributed by atoms with Gasteiger partial charge in [0.25, 0.3) is 0 Å². The average molecular weight is 224 g/mol. The molecule has 1 N–H and O–H groups in total. The molecule has 0 aliphatic carbocycles. The highest BCUT2D eigenvalue weighted by Crippen LogP contribution is 2.30. The van der Waals surface area contributed by atoms with E-state index in [9.17, 15) is 0 Å². The number of hydrogen-bond donors (Lipinski definition) is 1. The summed E-state index contributed by atoms with van der Waals surface area (Å²) < 4.78 is 0. The van der Waals surface area contributed by atoms with Crippen LogP contribution < -0.4 is 5.32 Å². The molecule has 2 fully saturated rings. The van der Waals surface area contributed by atoms with Crippen molar-refractivity contribution in [3.8, 4) is 0 Å². The van der Waals surface area contributed by atoms with Gasteiger partial charge < -0.3 is 10.2 Å². The fraction of sp³-hybridized carbons (Fsp3) is 1.00. The zero-order chi connectivity index (χ0) is 11.5. The van der Waals surface area contributed by atoms with Crippen molar-refractivity contribution >= 4 is 0 Å². The Bertz CT molecular complexity index is 201. The van der Waals surface area contributed by atoms with E-state index >= 15 is 0 Å². The van der Waals surface area contributed by atoms with Gasteiger partial charge in [-0.05, 0) is 51.1 Å². The van der Waals surface area contributed by atoms with Crippen molar-refractivity contribution in [2.24, 2.45) is 11.8 Å². The van der Waals surface area contributed by atoms with Crippen LogP contribution in [0.1, 0.15) is 46.5 Å². The highest BCUT2D eigenvalue weighted by Gasteiger charge is 2.33. The quantitative estimate of drug-likeness (QED) is 0.789. The van der Waals surface area contributed by atoms with Crippen LogP contribution in [0.5, 0.6) is 0 Å². The van der Waals surface area contributed by atoms with Crippen LogP contribution >= 0.6 is 0 Å². The lowest BCUT2D eigenvalue weighted by molar-refractivity contribution is 0.196. The lowest BCUT2D eigenvalue weighted by Gasteiger charge is -2.28. The van der Waals surface area contributed by atoms with Crippen LogP contribution in [0.4, 0.5) is 0 Å². The van der Waals surface area contributed by atoms with Crippen LogP contribution in [0.3, 0.4) is 0 Å². The molecule has 2 nitrogen and oxygen atoms in total. The molecule has 0 aromatic rings. The van der Waals surface area contributed by atoms with Crippen LogP contribution in [0, 0.1) is 11.8 Å². The van der Waals surface area contributed by atoms with Crippen LogP contribution in [0.25, 0.3) is 0 Å². The maximum Gasteiger partial charge on any atom is 0.00989 e. The lowest BCUT2D eigenvalue weighted by Crippen LogP contribution is -2.36. The van der Waals surface area contributed by atoms with Gasteiger partial charge in [-0.15, -0.1) is 0 Å². The summed E-state index contributed by atoms with van der Waals surface area (Å²) in [4.78, 5) is 2.73. The zero-order valence-electron chi connectivity index (χ0n) is 11.2. The highest BCUT2D eigenvalue weighted by atomic mass is 15.2. The van der Waals surface area contributed by atoms with Gasteiger partial charge in [-0.2, -0.15) is 0 Å². The van der Waals surface area contributed by atoms with E-state index < -0.39 is 0 Å². The third-order valence-electron chi connectivity index (χ3n) is 4.58. The fourth-order valence-electron chi connectivity index (χ4n) is 3.09. The predicted octanol–water partition coefficient (Wildman–Crippen LogP) is 2.49. The maximum atomic E-state index is 3.71. The zero-order valence-corrected chi connectivity index (χ0v) is 11.2. The Morgan fingerprint density at radius 1 is 1.25 bits per heavy atom. The van der Waals surface area contributed by atoms with E-state index in [2.05, 4.69) is 31.0 Å². The Balaban J connectivity index is 1.72. The van der Waals surface area contributed by atoms with E-state index in [0.717, 1.165) is 17.9 Å². The molecule has 2 saturated heterocycles. The Morgan fingerprint density at radius 2 is 2.06 bits per heavy atom. The van der Waals surface area contributed by atoms with Gasteiger partial charge >= 0.3 is 0 Å². The normalized spacial score (nSPS) is 33.0. The average Bonchev–Trinajstić information content (AvgIpc) is 2.68. The molecule has 3 unspecified atom stereocenters. The van der Waals surface area contributed by atoms with Crippen LogP contribution in [-0.2, 0) is 0 Å². The first-order chi connectivity index (χ1) is 7.66. The summed E-state index contributed by atoms with van der Waals surface area (Å²) in [6.07, 6.45) is 5.79. The van der Waals surface area contributed by atoms with Crippen LogP contribution in [-0.4, -0.2) is 36.6 Å². The fourth-order valence-corrected chi connectivity index (χ4v) is 3.09. The number of fused-ring (bicyclic) bond motifs is 1. The minimum atomic E-state index is 0.664. The molecule has 0 bridgehead atoms. The SMILES string of the molecule is CC(C)C(C)NCC1CC2CCCCN2C1. The third-order valence-corrected chi connectivity index (χ3v) is 4.58. The summed E-state index contributed by atoms with van der Waals surface area (Å²) in [6.45, 7) is 10.9. The molecule has 3 atom stereocenters.